The molecule has 0 radical (unpaired) electrons. The van der Waals surface area contributed by atoms with Gasteiger partial charge in [-0.15, -0.1) is 0 Å². The summed E-state index contributed by atoms with van der Waals surface area (Å²) in [4.78, 5) is 23.0. The first-order chi connectivity index (χ1) is 10.1. The topological polar surface area (TPSA) is 78.4 Å². The Morgan fingerprint density at radius 1 is 1.19 bits per heavy atom. The molecular weight excluding hydrogens is 288 g/mol. The summed E-state index contributed by atoms with van der Waals surface area (Å²) in [6, 6.07) is 7.19. The van der Waals surface area contributed by atoms with Crippen LogP contribution in [0.5, 0.6) is 0 Å². The van der Waals surface area contributed by atoms with Gasteiger partial charge in [0.25, 0.3) is 0 Å². The highest BCUT2D eigenvalue weighted by atomic mass is 32.2. The molecule has 6 heteroatoms. The Hall–Kier alpha value is -1.69. The number of carbonyl (C=O) groups excluding carboxylic acids is 1. The van der Waals surface area contributed by atoms with Crippen molar-refractivity contribution >= 4 is 23.8 Å². The highest BCUT2D eigenvalue weighted by molar-refractivity contribution is 7.98. The lowest BCUT2D eigenvalue weighted by molar-refractivity contribution is -0.139. The van der Waals surface area contributed by atoms with Gasteiger partial charge in [-0.2, -0.15) is 11.8 Å². The van der Waals surface area contributed by atoms with Crippen molar-refractivity contribution in [3.8, 4) is 0 Å². The lowest BCUT2D eigenvalue weighted by Crippen LogP contribution is -2.41. The van der Waals surface area contributed by atoms with Crippen molar-refractivity contribution in [2.45, 2.75) is 25.3 Å². The fourth-order valence-electron chi connectivity index (χ4n) is 1.87. The van der Waals surface area contributed by atoms with Crippen LogP contribution < -0.4 is 10.6 Å². The summed E-state index contributed by atoms with van der Waals surface area (Å²) in [5, 5.41) is 14.4. The van der Waals surface area contributed by atoms with E-state index in [9.17, 15) is 14.7 Å². The highest BCUT2D eigenvalue weighted by Gasteiger charge is 2.21. The molecular formula is C15H22N2O3S. The minimum Gasteiger partial charge on any atom is -0.479 e. The molecule has 0 heterocycles. The predicted molar refractivity (Wildman–Crippen MR) is 85.6 cm³/mol. The number of carbonyl (C=O) groups is 2. The van der Waals surface area contributed by atoms with E-state index >= 15 is 0 Å². The van der Waals surface area contributed by atoms with Gasteiger partial charge < -0.3 is 15.7 Å². The van der Waals surface area contributed by atoms with Crippen LogP contribution >= 0.6 is 11.8 Å². The highest BCUT2D eigenvalue weighted by Crippen LogP contribution is 2.12. The molecule has 2 amide bonds. The van der Waals surface area contributed by atoms with Crippen molar-refractivity contribution in [1.29, 1.82) is 0 Å². The molecule has 0 aromatic heterocycles. The maximum absolute atomic E-state index is 11.7. The molecule has 0 spiro atoms. The standard InChI is InChI=1S/C15H22N2O3S/c1-21-11-7-3-6-10-16-15(20)17-13(14(18)19)12-8-4-2-5-9-12/h2,4-5,8-9,13H,3,6-7,10-11H2,1H3,(H,18,19)(H2,16,17,20)/t13-/m0/s1. The second-order valence-electron chi connectivity index (χ2n) is 4.64. The molecule has 0 aliphatic heterocycles. The van der Waals surface area contributed by atoms with E-state index in [0.29, 0.717) is 12.1 Å². The van der Waals surface area contributed by atoms with Crippen LogP contribution in [0.15, 0.2) is 30.3 Å². The van der Waals surface area contributed by atoms with Crippen LogP contribution in [0.3, 0.4) is 0 Å². The largest absolute Gasteiger partial charge is 0.479 e. The number of hydrogen-bond acceptors (Lipinski definition) is 3. The third-order valence-electron chi connectivity index (χ3n) is 2.97. The molecule has 0 unspecified atom stereocenters. The Labute approximate surface area is 129 Å². The van der Waals surface area contributed by atoms with Crippen LogP contribution in [0.2, 0.25) is 0 Å². The van der Waals surface area contributed by atoms with Gasteiger partial charge in [-0.1, -0.05) is 36.8 Å². The van der Waals surface area contributed by atoms with Crippen LogP contribution in [-0.2, 0) is 4.79 Å². The zero-order valence-electron chi connectivity index (χ0n) is 12.2. The summed E-state index contributed by atoms with van der Waals surface area (Å²) in [5.74, 6) is 0.0534. The van der Waals surface area contributed by atoms with Gasteiger partial charge in [-0.3, -0.25) is 0 Å². The number of carboxylic acid groups (broad SMARTS) is 1. The van der Waals surface area contributed by atoms with E-state index in [1.54, 1.807) is 30.3 Å². The number of rotatable bonds is 9. The van der Waals surface area contributed by atoms with E-state index in [1.807, 2.05) is 11.8 Å². The maximum Gasteiger partial charge on any atom is 0.330 e. The fourth-order valence-corrected chi connectivity index (χ4v) is 2.36. The Morgan fingerprint density at radius 3 is 2.52 bits per heavy atom. The van der Waals surface area contributed by atoms with E-state index < -0.39 is 18.0 Å². The first-order valence-corrected chi connectivity index (χ1v) is 8.35. The van der Waals surface area contributed by atoms with Crippen LogP contribution in [0.4, 0.5) is 4.79 Å². The first-order valence-electron chi connectivity index (χ1n) is 6.96. The molecule has 116 valence electrons. The van der Waals surface area contributed by atoms with Gasteiger partial charge in [0.05, 0.1) is 0 Å². The minimum absolute atomic E-state index is 0.448. The molecule has 0 aliphatic rings. The number of amides is 2. The van der Waals surface area contributed by atoms with E-state index in [1.165, 1.54) is 0 Å². The van der Waals surface area contributed by atoms with Crippen molar-refractivity contribution < 1.29 is 14.7 Å². The van der Waals surface area contributed by atoms with Crippen molar-refractivity contribution in [2.24, 2.45) is 0 Å². The maximum atomic E-state index is 11.7. The smallest absolute Gasteiger partial charge is 0.330 e. The fraction of sp³-hybridized carbons (Fsp3) is 0.467. The monoisotopic (exact) mass is 310 g/mol. The van der Waals surface area contributed by atoms with Gasteiger partial charge >= 0.3 is 12.0 Å². The molecule has 1 atom stereocenters. The zero-order chi connectivity index (χ0) is 15.5. The van der Waals surface area contributed by atoms with Gasteiger partial charge in [-0.05, 0) is 30.4 Å². The van der Waals surface area contributed by atoms with E-state index in [0.717, 1.165) is 25.0 Å². The number of benzene rings is 1. The molecule has 3 N–H and O–H groups in total. The van der Waals surface area contributed by atoms with Crippen molar-refractivity contribution in [1.82, 2.24) is 10.6 Å². The molecule has 0 fully saturated rings. The third-order valence-corrected chi connectivity index (χ3v) is 3.66. The van der Waals surface area contributed by atoms with Crippen molar-refractivity contribution in [2.75, 3.05) is 18.6 Å². The average Bonchev–Trinajstić information content (AvgIpc) is 2.49. The molecule has 1 rings (SSSR count). The lowest BCUT2D eigenvalue weighted by atomic mass is 10.1. The molecule has 1 aromatic rings. The Morgan fingerprint density at radius 2 is 1.90 bits per heavy atom. The summed E-state index contributed by atoms with van der Waals surface area (Å²) < 4.78 is 0. The average molecular weight is 310 g/mol. The third kappa shape index (κ3) is 7.04. The molecule has 0 saturated heterocycles. The zero-order valence-corrected chi connectivity index (χ0v) is 13.0. The van der Waals surface area contributed by atoms with E-state index in [-0.39, 0.29) is 0 Å². The SMILES string of the molecule is CSCCCCCNC(=O)N[C@H](C(=O)O)c1ccccc1. The van der Waals surface area contributed by atoms with Crippen molar-refractivity contribution in [3.63, 3.8) is 0 Å². The lowest BCUT2D eigenvalue weighted by Gasteiger charge is -2.15. The van der Waals surface area contributed by atoms with Crippen molar-refractivity contribution in [3.05, 3.63) is 35.9 Å². The number of thioether (sulfide) groups is 1. The van der Waals surface area contributed by atoms with Crippen LogP contribution in [0, 0.1) is 0 Å². The van der Waals surface area contributed by atoms with Gasteiger partial charge in [0.1, 0.15) is 0 Å². The van der Waals surface area contributed by atoms with E-state index in [2.05, 4.69) is 16.9 Å². The number of aliphatic carboxylic acids is 1. The Balaban J connectivity index is 2.35. The number of carboxylic acids is 1. The summed E-state index contributed by atoms with van der Waals surface area (Å²) >= 11 is 1.81. The molecule has 0 saturated carbocycles. The summed E-state index contributed by atoms with van der Waals surface area (Å²) in [6.45, 7) is 0.557. The Kier molecular flexibility index (Phi) is 8.35. The number of nitrogens with one attached hydrogen (secondary N) is 2. The minimum atomic E-state index is -1.07. The van der Waals surface area contributed by atoms with Gasteiger partial charge in [0.15, 0.2) is 6.04 Å². The molecule has 0 aliphatic carbocycles. The molecule has 0 bridgehead atoms. The quantitative estimate of drug-likeness (QED) is 0.613. The second-order valence-corrected chi connectivity index (χ2v) is 5.62. The number of unbranched alkanes of at least 4 members (excludes halogenated alkanes) is 2. The summed E-state index contributed by atoms with van der Waals surface area (Å²) in [7, 11) is 0. The predicted octanol–water partition coefficient (Wildman–Crippen LogP) is 2.64. The van der Waals surface area contributed by atoms with E-state index in [4.69, 9.17) is 0 Å². The summed E-state index contributed by atoms with van der Waals surface area (Å²) in [5.41, 5.74) is 0.556. The summed E-state index contributed by atoms with van der Waals surface area (Å²) in [6.07, 6.45) is 5.16. The molecule has 21 heavy (non-hydrogen) atoms. The van der Waals surface area contributed by atoms with Crippen LogP contribution in [-0.4, -0.2) is 35.7 Å². The van der Waals surface area contributed by atoms with Gasteiger partial charge in [-0.25, -0.2) is 9.59 Å². The number of urea groups is 1. The van der Waals surface area contributed by atoms with Gasteiger partial charge in [0.2, 0.25) is 0 Å². The molecule has 5 nitrogen and oxygen atoms in total. The molecule has 1 aromatic carbocycles. The van der Waals surface area contributed by atoms with Crippen LogP contribution in [0.25, 0.3) is 0 Å². The number of hydrogen-bond donors (Lipinski definition) is 3. The first kappa shape index (κ1) is 17.4. The normalized spacial score (nSPS) is 11.7. The van der Waals surface area contributed by atoms with Crippen LogP contribution in [0.1, 0.15) is 30.9 Å². The van der Waals surface area contributed by atoms with Gasteiger partial charge in [0, 0.05) is 6.54 Å². The second kappa shape index (κ2) is 10.1. The Bertz CT molecular complexity index is 440.